The molecular formula is C35H35BrO9S3. The van der Waals surface area contributed by atoms with E-state index in [1.165, 1.54) is 36.4 Å². The molecule has 5 rings (SSSR count). The second-order valence-electron chi connectivity index (χ2n) is 12.0. The summed E-state index contributed by atoms with van der Waals surface area (Å²) < 4.78 is 95.4. The van der Waals surface area contributed by atoms with E-state index in [1.807, 2.05) is 26.0 Å². The summed E-state index contributed by atoms with van der Waals surface area (Å²) in [7, 11) is -10.4. The average molecular weight is 776 g/mol. The van der Waals surface area contributed by atoms with E-state index >= 15 is 0 Å². The summed E-state index contributed by atoms with van der Waals surface area (Å²) in [6.45, 7) is 2.90. The Hall–Kier alpha value is -3.33. The van der Waals surface area contributed by atoms with Crippen LogP contribution in [0.15, 0.2) is 110 Å². The predicted molar refractivity (Wildman–Crippen MR) is 187 cm³/mol. The highest BCUT2D eigenvalue weighted by molar-refractivity contribution is 9.10. The van der Waals surface area contributed by atoms with Crippen LogP contribution in [0, 0.1) is 19.3 Å². The first-order valence-electron chi connectivity index (χ1n) is 14.8. The van der Waals surface area contributed by atoms with Crippen molar-refractivity contribution < 1.29 is 38.4 Å². The maximum absolute atomic E-state index is 13.4. The third kappa shape index (κ3) is 8.10. The lowest BCUT2D eigenvalue weighted by atomic mass is 9.84. The maximum Gasteiger partial charge on any atom is 0.296 e. The molecule has 9 nitrogen and oxygen atoms in total. The largest absolute Gasteiger partial charge is 0.496 e. The van der Waals surface area contributed by atoms with Crippen LogP contribution in [0.5, 0.6) is 5.75 Å². The van der Waals surface area contributed by atoms with Gasteiger partial charge in [-0.3, -0.25) is 8.37 Å². The molecule has 0 heterocycles. The van der Waals surface area contributed by atoms with Crippen LogP contribution >= 0.6 is 15.9 Å². The molecule has 0 fully saturated rings. The summed E-state index contributed by atoms with van der Waals surface area (Å²) in [6, 6.07) is 24.4. The number of sulfone groups is 1. The van der Waals surface area contributed by atoms with E-state index in [0.717, 1.165) is 34.1 Å². The van der Waals surface area contributed by atoms with Crippen molar-refractivity contribution in [2.75, 3.05) is 26.6 Å². The molecule has 0 N–H and O–H groups in total. The Morgan fingerprint density at radius 3 is 1.46 bits per heavy atom. The van der Waals surface area contributed by atoms with Gasteiger partial charge in [0.2, 0.25) is 0 Å². The Labute approximate surface area is 290 Å². The highest BCUT2D eigenvalue weighted by Crippen LogP contribution is 2.52. The molecule has 0 saturated carbocycles. The lowest BCUT2D eigenvalue weighted by molar-refractivity contribution is 0.0982. The Morgan fingerprint density at radius 2 is 1.04 bits per heavy atom. The van der Waals surface area contributed by atoms with Crippen LogP contribution < -0.4 is 4.74 Å². The normalized spacial score (nSPS) is 15.1. The van der Waals surface area contributed by atoms with Gasteiger partial charge in [0, 0.05) is 11.7 Å². The highest BCUT2D eigenvalue weighted by Gasteiger charge is 2.43. The van der Waals surface area contributed by atoms with Crippen molar-refractivity contribution in [3.8, 4) is 5.75 Å². The van der Waals surface area contributed by atoms with E-state index in [0.29, 0.717) is 15.8 Å². The summed E-state index contributed by atoms with van der Waals surface area (Å²) in [5.41, 5.74) is 3.60. The minimum Gasteiger partial charge on any atom is -0.496 e. The van der Waals surface area contributed by atoms with Gasteiger partial charge in [-0.25, -0.2) is 8.42 Å². The van der Waals surface area contributed by atoms with Gasteiger partial charge in [-0.1, -0.05) is 53.6 Å². The molecule has 0 spiro atoms. The number of ether oxygens (including phenoxy) is 1. The number of aryl methyl sites for hydroxylation is 2. The van der Waals surface area contributed by atoms with Crippen LogP contribution in [0.25, 0.3) is 11.1 Å². The van der Waals surface area contributed by atoms with Gasteiger partial charge in [0.25, 0.3) is 20.2 Å². The summed E-state index contributed by atoms with van der Waals surface area (Å²) in [4.78, 5) is 0.0847. The van der Waals surface area contributed by atoms with Crippen molar-refractivity contribution in [3.63, 3.8) is 0 Å². The summed E-state index contributed by atoms with van der Waals surface area (Å²) >= 11 is 3.54. The van der Waals surface area contributed by atoms with Crippen LogP contribution in [0.3, 0.4) is 0 Å². The number of methoxy groups -OCH3 is 1. The zero-order valence-electron chi connectivity index (χ0n) is 26.8. The van der Waals surface area contributed by atoms with Crippen molar-refractivity contribution in [1.29, 1.82) is 0 Å². The van der Waals surface area contributed by atoms with Gasteiger partial charge in [-0.05, 0) is 113 Å². The van der Waals surface area contributed by atoms with Crippen LogP contribution in [-0.2, 0) is 38.4 Å². The van der Waals surface area contributed by atoms with Crippen LogP contribution in [0.1, 0.15) is 35.1 Å². The lowest BCUT2D eigenvalue weighted by Crippen LogP contribution is -2.33. The molecule has 4 aromatic rings. The minimum absolute atomic E-state index is 0.0294. The van der Waals surface area contributed by atoms with Gasteiger partial charge < -0.3 is 4.74 Å². The Balaban J connectivity index is 1.58. The molecule has 13 heteroatoms. The zero-order valence-corrected chi connectivity index (χ0v) is 30.8. The predicted octanol–water partition coefficient (Wildman–Crippen LogP) is 6.98. The van der Waals surface area contributed by atoms with Gasteiger partial charge >= 0.3 is 0 Å². The lowest BCUT2D eigenvalue weighted by Gasteiger charge is -2.29. The van der Waals surface area contributed by atoms with E-state index in [1.54, 1.807) is 49.6 Å². The molecule has 0 bridgehead atoms. The fraction of sp³-hybridized carbons (Fsp3) is 0.257. The molecule has 0 radical (unpaired) electrons. The van der Waals surface area contributed by atoms with E-state index in [9.17, 15) is 25.3 Å². The summed E-state index contributed by atoms with van der Waals surface area (Å²) in [5.74, 6) is 0.600. The Bertz CT molecular complexity index is 2100. The number of benzene rings is 4. The Morgan fingerprint density at radius 1 is 0.625 bits per heavy atom. The average Bonchev–Trinajstić information content (AvgIpc) is 3.43. The molecule has 4 aromatic carbocycles. The van der Waals surface area contributed by atoms with Gasteiger partial charge in [-0.2, -0.15) is 16.8 Å². The molecule has 0 unspecified atom stereocenters. The number of halogens is 1. The topological polar surface area (TPSA) is 130 Å². The smallest absolute Gasteiger partial charge is 0.296 e. The molecule has 0 atom stereocenters. The number of allylic oxidation sites excluding steroid dienone is 2. The van der Waals surface area contributed by atoms with Crippen molar-refractivity contribution >= 4 is 57.1 Å². The van der Waals surface area contributed by atoms with Crippen molar-refractivity contribution in [2.24, 2.45) is 5.41 Å². The third-order valence-electron chi connectivity index (χ3n) is 8.26. The van der Waals surface area contributed by atoms with E-state index in [-0.39, 0.29) is 27.5 Å². The fourth-order valence-corrected chi connectivity index (χ4v) is 8.73. The molecule has 0 amide bonds. The third-order valence-corrected chi connectivity index (χ3v) is 12.6. The molecule has 0 aliphatic heterocycles. The van der Waals surface area contributed by atoms with Gasteiger partial charge in [0.15, 0.2) is 9.84 Å². The van der Waals surface area contributed by atoms with Gasteiger partial charge in [-0.15, -0.1) is 0 Å². The van der Waals surface area contributed by atoms with Crippen LogP contribution in [0.2, 0.25) is 0 Å². The monoisotopic (exact) mass is 774 g/mol. The second kappa shape index (κ2) is 13.9. The van der Waals surface area contributed by atoms with Crippen molar-refractivity contribution in [3.05, 3.63) is 118 Å². The molecule has 1 aliphatic carbocycles. The van der Waals surface area contributed by atoms with Gasteiger partial charge in [0.05, 0.1) is 39.5 Å². The van der Waals surface area contributed by atoms with Crippen LogP contribution in [-0.4, -0.2) is 51.8 Å². The standard InChI is InChI=1S/C35H35BrO9S3/c1-24-5-12-29(13-6-24)47(39,40)44-22-35(23-45-48(41,42)30-14-7-25(2)8-15-30)20-31(26-9-16-28(17-10-26)46(4,37)38)32(21-35)27-11-18-34(43-3)33(36)19-27/h5-19H,20-23H2,1-4H3. The Kier molecular flexibility index (Phi) is 10.4. The minimum atomic E-state index is -4.23. The van der Waals surface area contributed by atoms with Gasteiger partial charge in [0.1, 0.15) is 5.75 Å². The first kappa shape index (κ1) is 36.0. The SMILES string of the molecule is COc1ccc(C2=C(c3ccc(S(C)(=O)=O)cc3)CC(COS(=O)(=O)c3ccc(C)cc3)(COS(=O)(=O)c3ccc(C)cc3)C2)cc1Br. The molecular weight excluding hydrogens is 740 g/mol. The summed E-state index contributed by atoms with van der Waals surface area (Å²) in [5, 5.41) is 0. The van der Waals surface area contributed by atoms with Crippen molar-refractivity contribution in [1.82, 2.24) is 0 Å². The highest BCUT2D eigenvalue weighted by atomic mass is 79.9. The fourth-order valence-electron chi connectivity index (χ4n) is 5.53. The molecule has 0 saturated heterocycles. The quantitative estimate of drug-likeness (QED) is 0.140. The van der Waals surface area contributed by atoms with E-state index < -0.39 is 48.7 Å². The maximum atomic E-state index is 13.4. The molecule has 48 heavy (non-hydrogen) atoms. The van der Waals surface area contributed by atoms with Crippen molar-refractivity contribution in [2.45, 2.75) is 41.4 Å². The second-order valence-corrected chi connectivity index (χ2v) is 18.1. The number of rotatable bonds is 12. The zero-order chi connectivity index (χ0) is 34.9. The first-order chi connectivity index (χ1) is 22.5. The molecule has 1 aliphatic rings. The molecule has 0 aromatic heterocycles. The molecule has 254 valence electrons. The van der Waals surface area contributed by atoms with E-state index in [4.69, 9.17) is 13.1 Å². The number of hydrogen-bond donors (Lipinski definition) is 0. The first-order valence-corrected chi connectivity index (χ1v) is 20.3. The number of hydrogen-bond acceptors (Lipinski definition) is 9. The summed E-state index contributed by atoms with van der Waals surface area (Å²) in [6.07, 6.45) is 1.47. The van der Waals surface area contributed by atoms with Crippen LogP contribution in [0.4, 0.5) is 0 Å². The van der Waals surface area contributed by atoms with E-state index in [2.05, 4.69) is 15.9 Å².